The molecule has 1 N–H and O–H groups in total. The molecule has 0 spiro atoms. The van der Waals surface area contributed by atoms with Gasteiger partial charge < -0.3 is 5.32 Å². The van der Waals surface area contributed by atoms with E-state index >= 15 is 0 Å². The van der Waals surface area contributed by atoms with E-state index in [0.29, 0.717) is 16.8 Å². The molecule has 0 aromatic heterocycles. The second kappa shape index (κ2) is 6.49. The quantitative estimate of drug-likeness (QED) is 0.688. The van der Waals surface area contributed by atoms with E-state index in [-0.39, 0.29) is 11.4 Å². The van der Waals surface area contributed by atoms with Gasteiger partial charge in [0.15, 0.2) is 0 Å². The lowest BCUT2D eigenvalue weighted by atomic mass is 10.1. The van der Waals surface area contributed by atoms with Crippen molar-refractivity contribution in [2.45, 2.75) is 6.92 Å². The summed E-state index contributed by atoms with van der Waals surface area (Å²) in [5.41, 5.74) is 1.64. The molecule has 0 saturated heterocycles. The number of benzene rings is 2. The molecule has 1 amide bonds. The lowest BCUT2D eigenvalue weighted by molar-refractivity contribution is -0.112. The zero-order chi connectivity index (χ0) is 15.2. The van der Waals surface area contributed by atoms with Crippen LogP contribution in [0.1, 0.15) is 11.1 Å². The van der Waals surface area contributed by atoms with Crippen LogP contribution in [0.2, 0.25) is 0 Å². The number of carbonyl (C=O) groups is 1. The number of amides is 1. The second-order valence-corrected chi connectivity index (χ2v) is 4.50. The fraction of sp³-hybridized carbons (Fsp3) is 0.0588. The first kappa shape index (κ1) is 14.5. The van der Waals surface area contributed by atoms with Crippen molar-refractivity contribution >= 4 is 17.7 Å². The number of anilines is 1. The average Bonchev–Trinajstić information content (AvgIpc) is 2.49. The lowest BCUT2D eigenvalue weighted by Crippen LogP contribution is -2.13. The molecule has 21 heavy (non-hydrogen) atoms. The molecule has 0 aliphatic rings. The van der Waals surface area contributed by atoms with Gasteiger partial charge in [-0.3, -0.25) is 4.79 Å². The first-order valence-corrected chi connectivity index (χ1v) is 6.34. The molecule has 0 heterocycles. The van der Waals surface area contributed by atoms with Crippen LogP contribution in [0.3, 0.4) is 0 Å². The van der Waals surface area contributed by atoms with E-state index in [1.54, 1.807) is 37.3 Å². The van der Waals surface area contributed by atoms with Crippen molar-refractivity contribution in [2.75, 3.05) is 5.32 Å². The van der Waals surface area contributed by atoms with Crippen molar-refractivity contribution in [3.05, 3.63) is 71.0 Å². The molecule has 2 aromatic carbocycles. The SMILES string of the molecule is Cc1cc(C=C(C#N)C(=O)Nc2ccccc2)ccc1F. The molecule has 0 aliphatic carbocycles. The third-order valence-electron chi connectivity index (χ3n) is 2.89. The predicted molar refractivity (Wildman–Crippen MR) is 79.8 cm³/mol. The Morgan fingerprint density at radius 1 is 1.24 bits per heavy atom. The third-order valence-corrected chi connectivity index (χ3v) is 2.89. The van der Waals surface area contributed by atoms with Crippen LogP contribution >= 0.6 is 0 Å². The molecule has 0 radical (unpaired) electrons. The molecule has 0 atom stereocenters. The minimum atomic E-state index is -0.495. The molecular formula is C17H13FN2O. The standard InChI is InChI=1S/C17H13FN2O/c1-12-9-13(7-8-16(12)18)10-14(11-19)17(21)20-15-5-3-2-4-6-15/h2-10H,1H3,(H,20,21). The summed E-state index contributed by atoms with van der Waals surface area (Å²) in [6.45, 7) is 1.63. The summed E-state index contributed by atoms with van der Waals surface area (Å²) in [6, 6.07) is 15.1. The van der Waals surface area contributed by atoms with Gasteiger partial charge in [-0.25, -0.2) is 4.39 Å². The van der Waals surface area contributed by atoms with Crippen molar-refractivity contribution < 1.29 is 9.18 Å². The van der Waals surface area contributed by atoms with Gasteiger partial charge in [-0.15, -0.1) is 0 Å². The Bertz CT molecular complexity index is 730. The number of hydrogen-bond acceptors (Lipinski definition) is 2. The molecule has 2 rings (SSSR count). The van der Waals surface area contributed by atoms with Crippen molar-refractivity contribution in [3.8, 4) is 6.07 Å². The highest BCUT2D eigenvalue weighted by Gasteiger charge is 2.09. The number of carbonyl (C=O) groups excluding carboxylic acids is 1. The minimum Gasteiger partial charge on any atom is -0.321 e. The van der Waals surface area contributed by atoms with Crippen molar-refractivity contribution in [1.82, 2.24) is 0 Å². The highest BCUT2D eigenvalue weighted by atomic mass is 19.1. The van der Waals surface area contributed by atoms with Gasteiger partial charge in [0.25, 0.3) is 5.91 Å². The molecule has 0 bridgehead atoms. The van der Waals surface area contributed by atoms with Crippen LogP contribution in [-0.2, 0) is 4.79 Å². The largest absolute Gasteiger partial charge is 0.321 e. The van der Waals surface area contributed by atoms with Crippen molar-refractivity contribution in [1.29, 1.82) is 5.26 Å². The van der Waals surface area contributed by atoms with Crippen LogP contribution in [0.4, 0.5) is 10.1 Å². The first-order valence-electron chi connectivity index (χ1n) is 6.34. The van der Waals surface area contributed by atoms with E-state index in [4.69, 9.17) is 5.26 Å². The number of nitriles is 1. The fourth-order valence-corrected chi connectivity index (χ4v) is 1.79. The predicted octanol–water partition coefficient (Wildman–Crippen LogP) is 3.68. The molecule has 0 unspecified atom stereocenters. The number of para-hydroxylation sites is 1. The monoisotopic (exact) mass is 280 g/mol. The minimum absolute atomic E-state index is 0.0372. The Morgan fingerprint density at radius 2 is 1.95 bits per heavy atom. The third kappa shape index (κ3) is 3.77. The summed E-state index contributed by atoms with van der Waals surface area (Å²) in [5.74, 6) is -0.815. The van der Waals surface area contributed by atoms with E-state index in [0.717, 1.165) is 0 Å². The Morgan fingerprint density at radius 3 is 2.57 bits per heavy atom. The van der Waals surface area contributed by atoms with Gasteiger partial charge in [0.05, 0.1) is 0 Å². The maximum absolute atomic E-state index is 13.2. The number of rotatable bonds is 3. The Labute approximate surface area is 122 Å². The fourth-order valence-electron chi connectivity index (χ4n) is 1.79. The molecule has 4 heteroatoms. The molecule has 104 valence electrons. The summed E-state index contributed by atoms with van der Waals surface area (Å²) >= 11 is 0. The number of halogens is 1. The number of nitrogens with one attached hydrogen (secondary N) is 1. The summed E-state index contributed by atoms with van der Waals surface area (Å²) < 4.78 is 13.2. The number of aryl methyl sites for hydroxylation is 1. The van der Waals surface area contributed by atoms with E-state index in [9.17, 15) is 9.18 Å². The van der Waals surface area contributed by atoms with Crippen molar-refractivity contribution in [3.63, 3.8) is 0 Å². The van der Waals surface area contributed by atoms with Gasteiger partial charge in [-0.2, -0.15) is 5.26 Å². The van der Waals surface area contributed by atoms with Crippen LogP contribution in [-0.4, -0.2) is 5.91 Å². The van der Waals surface area contributed by atoms with E-state index in [1.165, 1.54) is 18.2 Å². The van der Waals surface area contributed by atoms with Crippen LogP contribution in [0.25, 0.3) is 6.08 Å². The number of nitrogens with zero attached hydrogens (tertiary/aromatic N) is 1. The van der Waals surface area contributed by atoms with Crippen molar-refractivity contribution in [2.24, 2.45) is 0 Å². The van der Waals surface area contributed by atoms with Gasteiger partial charge in [0.2, 0.25) is 0 Å². The van der Waals surface area contributed by atoms with Crippen LogP contribution in [0.5, 0.6) is 0 Å². The zero-order valence-corrected chi connectivity index (χ0v) is 11.4. The number of hydrogen-bond donors (Lipinski definition) is 1. The van der Waals surface area contributed by atoms with Gasteiger partial charge in [0, 0.05) is 5.69 Å². The van der Waals surface area contributed by atoms with Gasteiger partial charge in [-0.05, 0) is 48.4 Å². The topological polar surface area (TPSA) is 52.9 Å². The normalized spacial score (nSPS) is 10.8. The van der Waals surface area contributed by atoms with Gasteiger partial charge >= 0.3 is 0 Å². The van der Waals surface area contributed by atoms with Crippen LogP contribution in [0.15, 0.2) is 54.1 Å². The molecule has 0 aliphatic heterocycles. The Hall–Kier alpha value is -2.93. The summed E-state index contributed by atoms with van der Waals surface area (Å²) in [5, 5.41) is 11.7. The Balaban J connectivity index is 2.22. The summed E-state index contributed by atoms with van der Waals surface area (Å²) in [7, 11) is 0. The van der Waals surface area contributed by atoms with Crippen LogP contribution in [0, 0.1) is 24.1 Å². The van der Waals surface area contributed by atoms with E-state index in [2.05, 4.69) is 5.32 Å². The van der Waals surface area contributed by atoms with E-state index < -0.39 is 5.91 Å². The molecular weight excluding hydrogens is 267 g/mol. The molecule has 2 aromatic rings. The highest BCUT2D eigenvalue weighted by Crippen LogP contribution is 2.14. The lowest BCUT2D eigenvalue weighted by Gasteiger charge is -2.04. The maximum atomic E-state index is 13.2. The average molecular weight is 280 g/mol. The highest BCUT2D eigenvalue weighted by molar-refractivity contribution is 6.09. The first-order chi connectivity index (χ1) is 10.1. The Kier molecular flexibility index (Phi) is 4.47. The molecule has 3 nitrogen and oxygen atoms in total. The second-order valence-electron chi connectivity index (χ2n) is 4.50. The van der Waals surface area contributed by atoms with Gasteiger partial charge in [-0.1, -0.05) is 24.3 Å². The molecule has 0 saturated carbocycles. The smallest absolute Gasteiger partial charge is 0.266 e. The van der Waals surface area contributed by atoms with E-state index in [1.807, 2.05) is 12.1 Å². The zero-order valence-electron chi connectivity index (χ0n) is 11.4. The summed E-state index contributed by atoms with van der Waals surface area (Å²) in [6.07, 6.45) is 1.44. The van der Waals surface area contributed by atoms with Gasteiger partial charge in [0.1, 0.15) is 17.5 Å². The molecule has 0 fully saturated rings. The summed E-state index contributed by atoms with van der Waals surface area (Å²) in [4.78, 5) is 12.0. The van der Waals surface area contributed by atoms with Crippen LogP contribution < -0.4 is 5.32 Å². The maximum Gasteiger partial charge on any atom is 0.266 e.